The van der Waals surface area contributed by atoms with Crippen LogP contribution in [0.4, 0.5) is 0 Å². The van der Waals surface area contributed by atoms with Crippen LogP contribution in [0, 0.1) is 0 Å². The van der Waals surface area contributed by atoms with Crippen LogP contribution in [0.25, 0.3) is 0 Å². The van der Waals surface area contributed by atoms with E-state index in [0.29, 0.717) is 31.3 Å². The summed E-state index contributed by atoms with van der Waals surface area (Å²) < 4.78 is 16.0. The van der Waals surface area contributed by atoms with Crippen molar-refractivity contribution < 1.29 is 18.8 Å². The SMILES string of the molecule is CCCC(C(=O)OCC)c1nc(C2CN(C)CCO2)no1. The molecule has 0 saturated carbocycles. The number of morpholine rings is 1. The largest absolute Gasteiger partial charge is 0.465 e. The van der Waals surface area contributed by atoms with Crippen molar-refractivity contribution in [1.82, 2.24) is 15.0 Å². The van der Waals surface area contributed by atoms with E-state index in [1.165, 1.54) is 0 Å². The normalized spacial score (nSPS) is 21.2. The zero-order chi connectivity index (χ0) is 15.2. The molecule has 1 fully saturated rings. The summed E-state index contributed by atoms with van der Waals surface area (Å²) in [5.74, 6) is 0.0258. The van der Waals surface area contributed by atoms with Gasteiger partial charge in [-0.15, -0.1) is 0 Å². The first-order chi connectivity index (χ1) is 10.2. The maximum absolute atomic E-state index is 12.0. The molecular formula is C14H23N3O4. The maximum Gasteiger partial charge on any atom is 0.318 e. The van der Waals surface area contributed by atoms with Crippen LogP contribution in [0.1, 0.15) is 50.4 Å². The highest BCUT2D eigenvalue weighted by molar-refractivity contribution is 5.76. The molecule has 2 rings (SSSR count). The number of likely N-dealkylation sites (N-methyl/N-ethyl adjacent to an activating group) is 1. The minimum atomic E-state index is -0.488. The second-order valence-electron chi connectivity index (χ2n) is 5.21. The predicted octanol–water partition coefficient (Wildman–Crippen LogP) is 1.52. The first-order valence-corrected chi connectivity index (χ1v) is 7.46. The summed E-state index contributed by atoms with van der Waals surface area (Å²) in [6.45, 7) is 6.38. The smallest absolute Gasteiger partial charge is 0.318 e. The molecule has 21 heavy (non-hydrogen) atoms. The number of carbonyl (C=O) groups excluding carboxylic acids is 1. The number of ether oxygens (including phenoxy) is 2. The molecule has 1 aliphatic heterocycles. The van der Waals surface area contributed by atoms with Gasteiger partial charge in [-0.3, -0.25) is 4.79 Å². The lowest BCUT2D eigenvalue weighted by molar-refractivity contribution is -0.145. The van der Waals surface area contributed by atoms with E-state index in [1.54, 1.807) is 6.92 Å². The molecule has 1 aliphatic rings. The van der Waals surface area contributed by atoms with Gasteiger partial charge in [0.15, 0.2) is 0 Å². The van der Waals surface area contributed by atoms with E-state index in [0.717, 1.165) is 19.5 Å². The second kappa shape index (κ2) is 7.51. The van der Waals surface area contributed by atoms with Gasteiger partial charge in [-0.1, -0.05) is 18.5 Å². The van der Waals surface area contributed by atoms with E-state index in [2.05, 4.69) is 15.0 Å². The molecule has 1 saturated heterocycles. The zero-order valence-corrected chi connectivity index (χ0v) is 12.9. The van der Waals surface area contributed by atoms with Crippen molar-refractivity contribution in [2.75, 3.05) is 33.4 Å². The fraction of sp³-hybridized carbons (Fsp3) is 0.786. The standard InChI is InChI=1S/C14H23N3O4/c1-4-6-10(14(18)19-5-2)13-15-12(16-21-13)11-9-17(3)7-8-20-11/h10-11H,4-9H2,1-3H3. The minimum absolute atomic E-state index is 0.203. The van der Waals surface area contributed by atoms with Gasteiger partial charge in [0.2, 0.25) is 11.7 Å². The van der Waals surface area contributed by atoms with Crippen molar-refractivity contribution >= 4 is 5.97 Å². The summed E-state index contributed by atoms with van der Waals surface area (Å²) >= 11 is 0. The summed E-state index contributed by atoms with van der Waals surface area (Å²) in [6.07, 6.45) is 1.26. The Kier molecular flexibility index (Phi) is 5.69. The molecule has 1 aromatic rings. The Morgan fingerprint density at radius 1 is 1.52 bits per heavy atom. The average Bonchev–Trinajstić information content (AvgIpc) is 2.94. The fourth-order valence-corrected chi connectivity index (χ4v) is 2.33. The molecule has 7 heteroatoms. The van der Waals surface area contributed by atoms with E-state index in [1.807, 2.05) is 14.0 Å². The third-order valence-electron chi connectivity index (χ3n) is 3.46. The molecule has 2 atom stereocenters. The topological polar surface area (TPSA) is 77.7 Å². The number of aromatic nitrogens is 2. The third-order valence-corrected chi connectivity index (χ3v) is 3.46. The van der Waals surface area contributed by atoms with Crippen molar-refractivity contribution in [3.8, 4) is 0 Å². The lowest BCUT2D eigenvalue weighted by Crippen LogP contribution is -2.35. The number of rotatable bonds is 6. The van der Waals surface area contributed by atoms with Crippen LogP contribution in [0.15, 0.2) is 4.52 Å². The maximum atomic E-state index is 12.0. The van der Waals surface area contributed by atoms with Gasteiger partial charge in [0.05, 0.1) is 13.2 Å². The van der Waals surface area contributed by atoms with Crippen molar-refractivity contribution in [3.05, 3.63) is 11.7 Å². The summed E-state index contributed by atoms with van der Waals surface area (Å²) in [6, 6.07) is 0. The van der Waals surface area contributed by atoms with Gasteiger partial charge in [-0.2, -0.15) is 4.98 Å². The Labute approximate surface area is 124 Å². The van der Waals surface area contributed by atoms with Crippen molar-refractivity contribution in [3.63, 3.8) is 0 Å². The first-order valence-electron chi connectivity index (χ1n) is 7.46. The Morgan fingerprint density at radius 3 is 3.00 bits per heavy atom. The molecule has 0 amide bonds. The van der Waals surface area contributed by atoms with Gasteiger partial charge >= 0.3 is 5.97 Å². The number of carbonyl (C=O) groups is 1. The lowest BCUT2D eigenvalue weighted by Gasteiger charge is -2.27. The highest BCUT2D eigenvalue weighted by atomic mass is 16.5. The van der Waals surface area contributed by atoms with E-state index in [9.17, 15) is 4.79 Å². The summed E-state index contributed by atoms with van der Waals surface area (Å²) in [4.78, 5) is 18.5. The van der Waals surface area contributed by atoms with Crippen molar-refractivity contribution in [1.29, 1.82) is 0 Å². The van der Waals surface area contributed by atoms with E-state index < -0.39 is 5.92 Å². The van der Waals surface area contributed by atoms with Gasteiger partial charge in [0.25, 0.3) is 0 Å². The van der Waals surface area contributed by atoms with E-state index >= 15 is 0 Å². The van der Waals surface area contributed by atoms with Gasteiger partial charge in [-0.05, 0) is 20.4 Å². The number of hydrogen-bond acceptors (Lipinski definition) is 7. The van der Waals surface area contributed by atoms with Crippen LogP contribution >= 0.6 is 0 Å². The molecule has 2 heterocycles. The molecule has 0 radical (unpaired) electrons. The summed E-state index contributed by atoms with van der Waals surface area (Å²) in [5.41, 5.74) is 0. The van der Waals surface area contributed by atoms with Crippen LogP contribution in [0.5, 0.6) is 0 Å². The molecule has 0 aromatic carbocycles. The third kappa shape index (κ3) is 4.01. The van der Waals surface area contributed by atoms with Crippen molar-refractivity contribution in [2.24, 2.45) is 0 Å². The first kappa shape index (κ1) is 15.9. The quantitative estimate of drug-likeness (QED) is 0.737. The molecule has 0 N–H and O–H groups in total. The monoisotopic (exact) mass is 297 g/mol. The molecule has 1 aromatic heterocycles. The highest BCUT2D eigenvalue weighted by Crippen LogP contribution is 2.25. The predicted molar refractivity (Wildman–Crippen MR) is 74.8 cm³/mol. The van der Waals surface area contributed by atoms with Crippen LogP contribution < -0.4 is 0 Å². The highest BCUT2D eigenvalue weighted by Gasteiger charge is 2.30. The molecule has 0 spiro atoms. The Bertz CT molecular complexity index is 463. The number of nitrogens with zero attached hydrogens (tertiary/aromatic N) is 3. The van der Waals surface area contributed by atoms with Gasteiger partial charge in [0, 0.05) is 13.1 Å². The van der Waals surface area contributed by atoms with Crippen LogP contribution in [-0.4, -0.2) is 54.4 Å². The Hall–Kier alpha value is -1.47. The fourth-order valence-electron chi connectivity index (χ4n) is 2.33. The van der Waals surface area contributed by atoms with E-state index in [-0.39, 0.29) is 12.1 Å². The number of hydrogen-bond donors (Lipinski definition) is 0. The molecule has 2 unspecified atom stereocenters. The molecular weight excluding hydrogens is 274 g/mol. The zero-order valence-electron chi connectivity index (χ0n) is 12.9. The molecule has 118 valence electrons. The molecule has 0 aliphatic carbocycles. The Balaban J connectivity index is 2.10. The van der Waals surface area contributed by atoms with E-state index in [4.69, 9.17) is 14.0 Å². The number of esters is 1. The molecule has 0 bridgehead atoms. The van der Waals surface area contributed by atoms with Crippen LogP contribution in [0.3, 0.4) is 0 Å². The summed E-state index contributed by atoms with van der Waals surface area (Å²) in [5, 5.41) is 3.97. The summed E-state index contributed by atoms with van der Waals surface area (Å²) in [7, 11) is 2.02. The lowest BCUT2D eigenvalue weighted by atomic mass is 10.0. The molecule has 7 nitrogen and oxygen atoms in total. The van der Waals surface area contributed by atoms with Gasteiger partial charge in [0.1, 0.15) is 12.0 Å². The van der Waals surface area contributed by atoms with Gasteiger partial charge in [-0.25, -0.2) is 0 Å². The van der Waals surface area contributed by atoms with Crippen LogP contribution in [0.2, 0.25) is 0 Å². The van der Waals surface area contributed by atoms with Crippen LogP contribution in [-0.2, 0) is 14.3 Å². The Morgan fingerprint density at radius 2 is 2.33 bits per heavy atom. The average molecular weight is 297 g/mol. The minimum Gasteiger partial charge on any atom is -0.465 e. The van der Waals surface area contributed by atoms with Gasteiger partial charge < -0.3 is 18.9 Å². The second-order valence-corrected chi connectivity index (χ2v) is 5.21. The van der Waals surface area contributed by atoms with Crippen molar-refractivity contribution in [2.45, 2.75) is 38.7 Å².